The van der Waals surface area contributed by atoms with Crippen molar-refractivity contribution in [2.24, 2.45) is 0 Å². The molecule has 0 aliphatic carbocycles. The molecule has 2 aromatic carbocycles. The second kappa shape index (κ2) is 7.80. The van der Waals surface area contributed by atoms with Crippen molar-refractivity contribution in [1.29, 1.82) is 0 Å². The minimum atomic E-state index is -1.41. The van der Waals surface area contributed by atoms with Crippen molar-refractivity contribution < 1.29 is 18.7 Å². The lowest BCUT2D eigenvalue weighted by Crippen LogP contribution is -2.49. The fraction of sp³-hybridized carbons (Fsp3) is 0.150. The Morgan fingerprint density at radius 3 is 2.66 bits per heavy atom. The molecule has 1 aromatic heterocycles. The molecule has 9 heteroatoms. The van der Waals surface area contributed by atoms with E-state index in [9.17, 15) is 18.7 Å². The van der Waals surface area contributed by atoms with Gasteiger partial charge < -0.3 is 15.7 Å². The number of nitrogens with one attached hydrogen (secondary N) is 2. The van der Waals surface area contributed by atoms with Crippen molar-refractivity contribution in [3.8, 4) is 0 Å². The van der Waals surface area contributed by atoms with Gasteiger partial charge in [-0.05, 0) is 42.3 Å². The number of aliphatic hydroxyl groups is 1. The molecule has 29 heavy (non-hydrogen) atoms. The first kappa shape index (κ1) is 18.8. The molecular weight excluding hydrogens is 380 g/mol. The Labute approximate surface area is 165 Å². The third-order valence-corrected chi connectivity index (χ3v) is 4.42. The Morgan fingerprint density at radius 1 is 1.14 bits per heavy atom. The van der Waals surface area contributed by atoms with Crippen LogP contribution in [0.2, 0.25) is 0 Å². The average Bonchev–Trinajstić information content (AvgIpc) is 2.68. The summed E-state index contributed by atoms with van der Waals surface area (Å²) in [6.45, 7) is 0.453. The second-order valence-electron chi connectivity index (χ2n) is 6.44. The van der Waals surface area contributed by atoms with Crippen LogP contribution in [0.25, 0.3) is 0 Å². The molecule has 1 aliphatic heterocycles. The monoisotopic (exact) mass is 397 g/mol. The van der Waals surface area contributed by atoms with Gasteiger partial charge in [0.05, 0.1) is 5.69 Å². The molecule has 3 N–H and O–H groups in total. The van der Waals surface area contributed by atoms with Gasteiger partial charge in [-0.25, -0.2) is 13.8 Å². The van der Waals surface area contributed by atoms with E-state index in [1.807, 2.05) is 6.07 Å². The first-order chi connectivity index (χ1) is 14.0. The van der Waals surface area contributed by atoms with Gasteiger partial charge in [0.25, 0.3) is 5.91 Å². The summed E-state index contributed by atoms with van der Waals surface area (Å²) in [5.74, 6) is -0.956. The molecule has 148 valence electrons. The Bertz CT molecular complexity index is 1060. The average molecular weight is 397 g/mol. The number of rotatable bonds is 5. The van der Waals surface area contributed by atoms with Gasteiger partial charge in [-0.3, -0.25) is 9.69 Å². The van der Waals surface area contributed by atoms with E-state index >= 15 is 0 Å². The molecule has 1 atom stereocenters. The number of hydrogen-bond donors (Lipinski definition) is 3. The fourth-order valence-electron chi connectivity index (χ4n) is 3.06. The van der Waals surface area contributed by atoms with Crippen LogP contribution in [0.5, 0.6) is 0 Å². The molecule has 2 heterocycles. The van der Waals surface area contributed by atoms with Crippen LogP contribution in [-0.2, 0) is 6.42 Å². The van der Waals surface area contributed by atoms with Crippen LogP contribution in [0.3, 0.4) is 0 Å². The standard InChI is InChI=1S/C20H17F2N5O2/c21-13-4-1-3-12(9-13)7-8-23-19-24-11-16-17(25-19)26-20(29)27(18(16)28)15-6-2-5-14(22)10-15/h1-6,9-11,20,29H,7-8H2,(H2,23,24,25,26). The summed E-state index contributed by atoms with van der Waals surface area (Å²) in [5.41, 5.74) is 1.18. The number of carbonyl (C=O) groups is 1. The van der Waals surface area contributed by atoms with Crippen LogP contribution in [0.4, 0.5) is 26.2 Å². The van der Waals surface area contributed by atoms with Crippen molar-refractivity contribution in [2.45, 2.75) is 12.8 Å². The fourth-order valence-corrected chi connectivity index (χ4v) is 3.06. The van der Waals surface area contributed by atoms with E-state index in [4.69, 9.17) is 0 Å². The van der Waals surface area contributed by atoms with Crippen LogP contribution in [-0.4, -0.2) is 33.9 Å². The molecule has 3 aromatic rings. The molecule has 7 nitrogen and oxygen atoms in total. The third-order valence-electron chi connectivity index (χ3n) is 4.42. The minimum absolute atomic E-state index is 0.148. The summed E-state index contributed by atoms with van der Waals surface area (Å²) in [5, 5.41) is 16.0. The molecule has 1 unspecified atom stereocenters. The lowest BCUT2D eigenvalue weighted by Gasteiger charge is -2.33. The maximum Gasteiger partial charge on any atom is 0.267 e. The highest BCUT2D eigenvalue weighted by atomic mass is 19.1. The molecule has 1 amide bonds. The Balaban J connectivity index is 1.48. The number of carbonyl (C=O) groups excluding carboxylic acids is 1. The van der Waals surface area contributed by atoms with Crippen LogP contribution in [0, 0.1) is 11.6 Å². The Hall–Kier alpha value is -3.59. The first-order valence-electron chi connectivity index (χ1n) is 8.90. The summed E-state index contributed by atoms with van der Waals surface area (Å²) >= 11 is 0. The Kier molecular flexibility index (Phi) is 5.05. The topological polar surface area (TPSA) is 90.4 Å². The summed E-state index contributed by atoms with van der Waals surface area (Å²) in [6.07, 6.45) is 0.479. The molecule has 0 fully saturated rings. The van der Waals surface area contributed by atoms with Crippen molar-refractivity contribution in [1.82, 2.24) is 9.97 Å². The van der Waals surface area contributed by atoms with Crippen molar-refractivity contribution in [3.05, 3.63) is 77.5 Å². The number of anilines is 3. The lowest BCUT2D eigenvalue weighted by atomic mass is 10.1. The smallest absolute Gasteiger partial charge is 0.267 e. The van der Waals surface area contributed by atoms with E-state index in [1.165, 1.54) is 36.5 Å². The number of halogens is 2. The SMILES string of the molecule is O=C1c2cnc(NCCc3cccc(F)c3)nc2NC(O)N1c1cccc(F)c1. The van der Waals surface area contributed by atoms with Crippen molar-refractivity contribution in [2.75, 3.05) is 22.1 Å². The van der Waals surface area contributed by atoms with E-state index in [-0.39, 0.29) is 28.8 Å². The quantitative estimate of drug-likeness (QED) is 0.613. The molecule has 1 aliphatic rings. The van der Waals surface area contributed by atoms with Crippen molar-refractivity contribution >= 4 is 23.4 Å². The number of benzene rings is 2. The zero-order chi connectivity index (χ0) is 20.4. The molecule has 0 saturated heterocycles. The third kappa shape index (κ3) is 3.99. The van der Waals surface area contributed by atoms with E-state index in [0.29, 0.717) is 13.0 Å². The van der Waals surface area contributed by atoms with E-state index in [2.05, 4.69) is 20.6 Å². The predicted molar refractivity (Wildman–Crippen MR) is 103 cm³/mol. The molecule has 0 saturated carbocycles. The van der Waals surface area contributed by atoms with Gasteiger partial charge in [0.1, 0.15) is 23.0 Å². The largest absolute Gasteiger partial charge is 0.356 e. The minimum Gasteiger partial charge on any atom is -0.356 e. The molecule has 0 radical (unpaired) electrons. The summed E-state index contributed by atoms with van der Waals surface area (Å²) in [6, 6.07) is 11.6. The molecule has 4 rings (SSSR count). The van der Waals surface area contributed by atoms with Gasteiger partial charge in [0.2, 0.25) is 12.3 Å². The number of amides is 1. The van der Waals surface area contributed by atoms with Crippen LogP contribution in [0.1, 0.15) is 15.9 Å². The second-order valence-corrected chi connectivity index (χ2v) is 6.44. The van der Waals surface area contributed by atoms with Crippen LogP contribution >= 0.6 is 0 Å². The van der Waals surface area contributed by atoms with E-state index in [1.54, 1.807) is 6.07 Å². The van der Waals surface area contributed by atoms with Crippen LogP contribution < -0.4 is 15.5 Å². The number of fused-ring (bicyclic) bond motifs is 1. The van der Waals surface area contributed by atoms with Crippen molar-refractivity contribution in [3.63, 3.8) is 0 Å². The summed E-state index contributed by atoms with van der Waals surface area (Å²) in [4.78, 5) is 22.1. The number of aliphatic hydroxyl groups excluding tert-OH is 1. The van der Waals surface area contributed by atoms with E-state index in [0.717, 1.165) is 16.5 Å². The number of aromatic nitrogens is 2. The Morgan fingerprint density at radius 2 is 1.90 bits per heavy atom. The van der Waals surface area contributed by atoms with E-state index < -0.39 is 18.1 Å². The highest BCUT2D eigenvalue weighted by Gasteiger charge is 2.33. The number of nitrogens with zero attached hydrogens (tertiary/aromatic N) is 3. The maximum atomic E-state index is 13.5. The normalized spacial score (nSPS) is 15.6. The highest BCUT2D eigenvalue weighted by Crippen LogP contribution is 2.28. The van der Waals surface area contributed by atoms with Gasteiger partial charge >= 0.3 is 0 Å². The zero-order valence-electron chi connectivity index (χ0n) is 15.1. The lowest BCUT2D eigenvalue weighted by molar-refractivity contribution is 0.0899. The van der Waals surface area contributed by atoms with Gasteiger partial charge in [0.15, 0.2) is 0 Å². The highest BCUT2D eigenvalue weighted by molar-refractivity contribution is 6.11. The first-order valence-corrected chi connectivity index (χ1v) is 8.90. The maximum absolute atomic E-state index is 13.5. The summed E-state index contributed by atoms with van der Waals surface area (Å²) in [7, 11) is 0. The van der Waals surface area contributed by atoms with Gasteiger partial charge in [-0.1, -0.05) is 18.2 Å². The van der Waals surface area contributed by atoms with Gasteiger partial charge in [0, 0.05) is 12.7 Å². The molecular formula is C20H17F2N5O2. The predicted octanol–water partition coefficient (Wildman–Crippen LogP) is 2.76. The molecule has 0 bridgehead atoms. The van der Waals surface area contributed by atoms with Crippen LogP contribution in [0.15, 0.2) is 54.7 Å². The number of hydrogen-bond acceptors (Lipinski definition) is 6. The zero-order valence-corrected chi connectivity index (χ0v) is 15.1. The van der Waals surface area contributed by atoms with Gasteiger partial charge in [-0.15, -0.1) is 0 Å². The molecule has 0 spiro atoms. The van der Waals surface area contributed by atoms with Gasteiger partial charge in [-0.2, -0.15) is 4.98 Å². The summed E-state index contributed by atoms with van der Waals surface area (Å²) < 4.78 is 26.7.